The van der Waals surface area contributed by atoms with Gasteiger partial charge < -0.3 is 63.1 Å². The van der Waals surface area contributed by atoms with Crippen LogP contribution in [0.2, 0.25) is 0 Å². The van der Waals surface area contributed by atoms with Crippen LogP contribution in [0.5, 0.6) is 11.5 Å². The van der Waals surface area contributed by atoms with Gasteiger partial charge in [0.25, 0.3) is 5.91 Å². The van der Waals surface area contributed by atoms with Gasteiger partial charge in [-0.25, -0.2) is 9.97 Å². The zero-order valence-corrected chi connectivity index (χ0v) is 40.7. The molecular weight excluding hydrogens is 899 g/mol. The van der Waals surface area contributed by atoms with Gasteiger partial charge in [-0.05, 0) is 80.1 Å². The average Bonchev–Trinajstić information content (AvgIpc) is 3.32. The van der Waals surface area contributed by atoms with E-state index in [0.717, 1.165) is 16.0 Å². The second kappa shape index (κ2) is 24.0. The quantitative estimate of drug-likeness (QED) is 0.0666. The number of aryl methyl sites for hydroxylation is 2. The highest BCUT2D eigenvalue weighted by atomic mass is 16.5. The molecule has 0 fully saturated rings. The van der Waals surface area contributed by atoms with Crippen molar-refractivity contribution in [2.75, 3.05) is 46.4 Å². The largest absolute Gasteiger partial charge is 0.490 e. The Labute approximate surface area is 407 Å². The Morgan fingerprint density at radius 2 is 1.47 bits per heavy atom. The maximum absolute atomic E-state index is 14.8. The van der Waals surface area contributed by atoms with Crippen molar-refractivity contribution >= 4 is 29.5 Å². The van der Waals surface area contributed by atoms with Gasteiger partial charge >= 0.3 is 0 Å². The van der Waals surface area contributed by atoms with Crippen LogP contribution in [0, 0.1) is 25.2 Å². The van der Waals surface area contributed by atoms with Crippen LogP contribution in [0.1, 0.15) is 78.6 Å². The fourth-order valence-corrected chi connectivity index (χ4v) is 7.82. The number of nitrogens with one attached hydrogen (secondary N) is 4. The van der Waals surface area contributed by atoms with Crippen LogP contribution in [0.3, 0.4) is 0 Å². The number of amides is 5. The van der Waals surface area contributed by atoms with E-state index in [1.54, 1.807) is 38.1 Å². The van der Waals surface area contributed by atoms with Crippen molar-refractivity contribution in [2.24, 2.45) is 17.2 Å². The Kier molecular flexibility index (Phi) is 18.5. The molecule has 4 aromatic rings. The van der Waals surface area contributed by atoms with Crippen molar-refractivity contribution in [1.29, 1.82) is 5.26 Å². The van der Waals surface area contributed by atoms with E-state index in [1.165, 1.54) is 26.1 Å². The first-order valence-electron chi connectivity index (χ1n) is 23.0. The number of likely N-dealkylation sites (N-methyl/N-ethyl adjacent to an activating group) is 1. The molecule has 1 aliphatic rings. The number of rotatable bonds is 17. The molecule has 2 heterocycles. The SMILES string of the molecule is Cc1nc(-c2ccc(C(C)(C)C)cc2)nc(C)c1C(=O)N[C@@H](CCN)C(=O)N(C)[C@@H]1C(=O)N[C@@H](C)C(=O)N[C@H](C(=O)NCC#N)Cc2ccc(OCC(O)CN)c(c2)-c2cc1ccc2OCC(O)CN. The molecule has 12 N–H and O–H groups in total. The molecule has 70 heavy (non-hydrogen) atoms. The number of benzene rings is 3. The summed E-state index contributed by atoms with van der Waals surface area (Å²) in [6.45, 7) is 10.0. The van der Waals surface area contributed by atoms with E-state index in [9.17, 15) is 39.4 Å². The Hall–Kier alpha value is -7.02. The predicted molar refractivity (Wildman–Crippen MR) is 261 cm³/mol. The zero-order chi connectivity index (χ0) is 51.4. The van der Waals surface area contributed by atoms with Crippen molar-refractivity contribution in [3.63, 3.8) is 0 Å². The van der Waals surface area contributed by atoms with E-state index in [0.29, 0.717) is 33.9 Å². The van der Waals surface area contributed by atoms with E-state index < -0.39 is 65.9 Å². The third-order valence-corrected chi connectivity index (χ3v) is 11.8. The van der Waals surface area contributed by atoms with E-state index >= 15 is 0 Å². The lowest BCUT2D eigenvalue weighted by Gasteiger charge is -2.32. The van der Waals surface area contributed by atoms with Crippen molar-refractivity contribution in [2.45, 2.75) is 96.2 Å². The lowest BCUT2D eigenvalue weighted by atomic mass is 9.86. The monoisotopic (exact) mass is 963 g/mol. The van der Waals surface area contributed by atoms with Gasteiger partial charge in [0, 0.05) is 43.2 Å². The Bertz CT molecular complexity index is 2550. The number of carbonyl (C=O) groups excluding carboxylic acids is 5. The summed E-state index contributed by atoms with van der Waals surface area (Å²) in [5.41, 5.74) is 21.5. The first-order chi connectivity index (χ1) is 33.2. The number of nitrogens with two attached hydrogens (primary N) is 3. The number of hydrogen-bond acceptors (Lipinski definition) is 15. The first-order valence-corrected chi connectivity index (χ1v) is 23.0. The molecule has 4 bridgehead atoms. The van der Waals surface area contributed by atoms with Crippen molar-refractivity contribution < 1.29 is 43.7 Å². The predicted octanol–water partition coefficient (Wildman–Crippen LogP) is 0.954. The number of aromatic nitrogens is 2. The number of hydrogen-bond donors (Lipinski definition) is 9. The van der Waals surface area contributed by atoms with Gasteiger partial charge in [-0.1, -0.05) is 57.2 Å². The third kappa shape index (κ3) is 13.4. The minimum atomic E-state index is -1.50. The first kappa shape index (κ1) is 53.9. The standard InChI is InChI=1S/C50H65N11O9/c1-27-42(28(2)57-44(56-27)31-9-12-33(13-10-31)50(4,5)6)47(66)59-38(16-17-51)49(68)61(7)43-32-11-15-41(70-26-35(63)24-54)37(22-32)36-20-30(8-14-40(36)69-25-34(62)23-53)21-39(46(65)55-19-18-52)60-45(64)29(3)58-48(43)67/h8-15,20,22,29,34-35,38-39,43,62-63H,16-17,19,21,23-26,51,53-54H2,1-7H3,(H,55,65)(H,58,67)(H,59,66)(H,60,64)/t29-,34?,35?,38-,39-,43-/m0/s1. The van der Waals surface area contributed by atoms with Crippen molar-refractivity contribution in [3.8, 4) is 40.1 Å². The van der Waals surface area contributed by atoms with Gasteiger partial charge in [0.2, 0.25) is 23.6 Å². The molecule has 6 atom stereocenters. The molecule has 0 saturated carbocycles. The molecule has 1 aromatic heterocycles. The third-order valence-electron chi connectivity index (χ3n) is 11.8. The maximum Gasteiger partial charge on any atom is 0.255 e. The summed E-state index contributed by atoms with van der Waals surface area (Å²) >= 11 is 0. The van der Waals surface area contributed by atoms with E-state index in [2.05, 4.69) is 52.0 Å². The Morgan fingerprint density at radius 1 is 0.886 bits per heavy atom. The van der Waals surface area contributed by atoms with Gasteiger partial charge in [0.05, 0.1) is 23.0 Å². The van der Waals surface area contributed by atoms with Gasteiger partial charge in [0.1, 0.15) is 67.6 Å². The summed E-state index contributed by atoms with van der Waals surface area (Å²) in [6, 6.07) is 14.0. The minimum Gasteiger partial charge on any atom is -0.490 e. The Balaban J connectivity index is 1.61. The summed E-state index contributed by atoms with van der Waals surface area (Å²) in [5, 5.41) is 40.7. The van der Waals surface area contributed by atoms with Gasteiger partial charge in [-0.2, -0.15) is 5.26 Å². The maximum atomic E-state index is 14.8. The fourth-order valence-electron chi connectivity index (χ4n) is 7.82. The van der Waals surface area contributed by atoms with Crippen LogP contribution in [0.25, 0.3) is 22.5 Å². The molecule has 20 heteroatoms. The van der Waals surface area contributed by atoms with Crippen molar-refractivity contribution in [3.05, 3.63) is 94.3 Å². The Morgan fingerprint density at radius 3 is 2.03 bits per heavy atom. The summed E-state index contributed by atoms with van der Waals surface area (Å²) in [7, 11) is 1.37. The average molecular weight is 964 g/mol. The molecule has 0 radical (unpaired) electrons. The molecular formula is C50H65N11O9. The van der Waals surface area contributed by atoms with E-state index in [-0.39, 0.29) is 80.3 Å². The summed E-state index contributed by atoms with van der Waals surface area (Å²) in [6.07, 6.45) is -2.25. The molecule has 20 nitrogen and oxygen atoms in total. The van der Waals surface area contributed by atoms with Crippen LogP contribution >= 0.6 is 0 Å². The molecule has 2 unspecified atom stereocenters. The molecule has 0 saturated heterocycles. The topological polar surface area (TPSA) is 323 Å². The van der Waals surface area contributed by atoms with E-state index in [4.69, 9.17) is 26.7 Å². The molecule has 1 aliphatic heterocycles. The van der Waals surface area contributed by atoms with E-state index in [1.807, 2.05) is 30.3 Å². The van der Waals surface area contributed by atoms with Crippen molar-refractivity contribution in [1.82, 2.24) is 36.1 Å². The smallest absolute Gasteiger partial charge is 0.255 e. The van der Waals surface area contributed by atoms with Gasteiger partial charge in [0.15, 0.2) is 5.82 Å². The normalized spacial score (nSPS) is 17.3. The minimum absolute atomic E-state index is 0.0392. The summed E-state index contributed by atoms with van der Waals surface area (Å²) < 4.78 is 12.2. The van der Waals surface area contributed by atoms with Crippen LogP contribution in [0.4, 0.5) is 0 Å². The lowest BCUT2D eigenvalue weighted by Crippen LogP contribution is -2.56. The summed E-state index contributed by atoms with van der Waals surface area (Å²) in [4.78, 5) is 81.3. The number of nitriles is 1. The fraction of sp³-hybridized carbons (Fsp3) is 0.440. The van der Waals surface area contributed by atoms with Crippen LogP contribution in [-0.4, -0.2) is 131 Å². The second-order valence-corrected chi connectivity index (χ2v) is 18.2. The lowest BCUT2D eigenvalue weighted by molar-refractivity contribution is -0.141. The molecule has 0 spiro atoms. The highest BCUT2D eigenvalue weighted by molar-refractivity contribution is 6.00. The second-order valence-electron chi connectivity index (χ2n) is 18.2. The van der Waals surface area contributed by atoms with Crippen LogP contribution < -0.4 is 47.9 Å². The van der Waals surface area contributed by atoms with Gasteiger partial charge in [-0.3, -0.25) is 24.0 Å². The zero-order valence-electron chi connectivity index (χ0n) is 40.7. The molecule has 5 amide bonds. The molecule has 0 aliphatic carbocycles. The summed E-state index contributed by atoms with van der Waals surface area (Å²) in [5.74, 6) is -2.77. The van der Waals surface area contributed by atoms with Gasteiger partial charge in [-0.15, -0.1) is 0 Å². The molecule has 5 rings (SSSR count). The number of aliphatic hydroxyl groups is 2. The number of fused-ring (bicyclic) bond motifs is 5. The van der Waals surface area contributed by atoms with Crippen LogP contribution in [-0.2, 0) is 31.0 Å². The highest BCUT2D eigenvalue weighted by Gasteiger charge is 2.36. The number of ether oxygens (including phenoxy) is 2. The number of nitrogens with zero attached hydrogens (tertiary/aromatic N) is 4. The molecule has 374 valence electrons. The number of aliphatic hydroxyl groups excluding tert-OH is 2. The molecule has 3 aromatic carbocycles. The number of carbonyl (C=O) groups is 5. The van der Waals surface area contributed by atoms with Crippen LogP contribution in [0.15, 0.2) is 60.7 Å². The highest BCUT2D eigenvalue weighted by Crippen LogP contribution is 2.40.